The number of nitrogens with zero attached hydrogens (tertiary/aromatic N) is 1. The summed E-state index contributed by atoms with van der Waals surface area (Å²) in [5.74, 6) is 0. The van der Waals surface area contributed by atoms with Crippen LogP contribution in [0.5, 0.6) is 0 Å². The van der Waals surface area contributed by atoms with E-state index in [9.17, 15) is 0 Å². The lowest BCUT2D eigenvalue weighted by atomic mass is 9.52. The molecular formula is C66H43N. The second kappa shape index (κ2) is 14.5. The van der Waals surface area contributed by atoms with E-state index in [1.54, 1.807) is 0 Å². The molecular weight excluding hydrogens is 807 g/mol. The van der Waals surface area contributed by atoms with Gasteiger partial charge in [0, 0.05) is 16.9 Å². The average molecular weight is 850 g/mol. The van der Waals surface area contributed by atoms with E-state index in [0.29, 0.717) is 0 Å². The molecule has 67 heavy (non-hydrogen) atoms. The molecule has 11 aromatic rings. The van der Waals surface area contributed by atoms with Crippen molar-refractivity contribution in [2.24, 2.45) is 0 Å². The predicted molar refractivity (Wildman–Crippen MR) is 278 cm³/mol. The van der Waals surface area contributed by atoms with E-state index in [4.69, 9.17) is 0 Å². The SMILES string of the molecule is c1ccc(-c2cccc(N(c3ccc4ccccc4c3)c3ccccc3-c3cccc4c3-c3ccccc3C43c4ccccc4C4(c5ccccc5-c5ccccc54)c4ccccc43)c2)cc1. The lowest BCUT2D eigenvalue weighted by molar-refractivity contribution is 0.633. The molecule has 0 heterocycles. The number of rotatable bonds is 5. The van der Waals surface area contributed by atoms with Crippen LogP contribution in [0.1, 0.15) is 44.5 Å². The van der Waals surface area contributed by atoms with Crippen LogP contribution in [0.15, 0.2) is 261 Å². The van der Waals surface area contributed by atoms with Crippen LogP contribution in [0.3, 0.4) is 0 Å². The van der Waals surface area contributed by atoms with Gasteiger partial charge in [-0.3, -0.25) is 0 Å². The quantitative estimate of drug-likeness (QED) is 0.167. The first-order valence-corrected chi connectivity index (χ1v) is 23.4. The van der Waals surface area contributed by atoms with Gasteiger partial charge in [0.05, 0.1) is 16.5 Å². The van der Waals surface area contributed by atoms with E-state index in [2.05, 4.69) is 266 Å². The van der Waals surface area contributed by atoms with Crippen LogP contribution in [-0.4, -0.2) is 0 Å². The Labute approximate surface area is 391 Å². The molecule has 0 aromatic heterocycles. The minimum atomic E-state index is -0.580. The fourth-order valence-electron chi connectivity index (χ4n) is 12.6. The van der Waals surface area contributed by atoms with E-state index in [0.717, 1.165) is 17.1 Å². The first kappa shape index (κ1) is 37.8. The third kappa shape index (κ3) is 5.14. The summed E-state index contributed by atoms with van der Waals surface area (Å²) in [6, 6.07) is 97.7. The van der Waals surface area contributed by atoms with Crippen LogP contribution in [0.25, 0.3) is 55.3 Å². The highest BCUT2D eigenvalue weighted by Gasteiger charge is 2.59. The summed E-state index contributed by atoms with van der Waals surface area (Å²) in [6.45, 7) is 0. The predicted octanol–water partition coefficient (Wildman–Crippen LogP) is 16.7. The zero-order valence-electron chi connectivity index (χ0n) is 36.8. The van der Waals surface area contributed by atoms with E-state index in [1.165, 1.54) is 99.8 Å². The Hall–Kier alpha value is -8.52. The van der Waals surface area contributed by atoms with Crippen molar-refractivity contribution >= 4 is 27.8 Å². The lowest BCUT2D eigenvalue weighted by Crippen LogP contribution is -2.43. The van der Waals surface area contributed by atoms with Gasteiger partial charge in [-0.15, -0.1) is 0 Å². The van der Waals surface area contributed by atoms with Gasteiger partial charge in [0.25, 0.3) is 0 Å². The molecule has 0 radical (unpaired) electrons. The molecule has 0 saturated carbocycles. The summed E-state index contributed by atoms with van der Waals surface area (Å²) in [5.41, 5.74) is 23.0. The van der Waals surface area contributed by atoms with Crippen LogP contribution < -0.4 is 4.90 Å². The molecule has 11 aromatic carbocycles. The summed E-state index contributed by atoms with van der Waals surface area (Å²) >= 11 is 0. The summed E-state index contributed by atoms with van der Waals surface area (Å²) in [4.78, 5) is 2.47. The molecule has 0 bridgehead atoms. The van der Waals surface area contributed by atoms with Gasteiger partial charge < -0.3 is 4.90 Å². The van der Waals surface area contributed by atoms with Crippen molar-refractivity contribution in [1.82, 2.24) is 0 Å². The Bertz CT molecular complexity index is 3690. The van der Waals surface area contributed by atoms with Gasteiger partial charge in [-0.05, 0) is 125 Å². The first-order valence-electron chi connectivity index (χ1n) is 23.4. The molecule has 0 aliphatic heterocycles. The van der Waals surface area contributed by atoms with E-state index in [1.807, 2.05) is 0 Å². The van der Waals surface area contributed by atoms with Gasteiger partial charge >= 0.3 is 0 Å². The Morgan fingerprint density at radius 2 is 0.672 bits per heavy atom. The molecule has 3 aliphatic carbocycles. The van der Waals surface area contributed by atoms with Crippen molar-refractivity contribution in [2.45, 2.75) is 10.8 Å². The fraction of sp³-hybridized carbons (Fsp3) is 0.0303. The highest BCUT2D eigenvalue weighted by atomic mass is 15.1. The summed E-state index contributed by atoms with van der Waals surface area (Å²) in [6.07, 6.45) is 0. The van der Waals surface area contributed by atoms with Crippen molar-refractivity contribution in [3.05, 3.63) is 305 Å². The normalized spacial score (nSPS) is 13.9. The van der Waals surface area contributed by atoms with Crippen LogP contribution in [0.4, 0.5) is 17.1 Å². The van der Waals surface area contributed by atoms with Gasteiger partial charge in [0.2, 0.25) is 0 Å². The van der Waals surface area contributed by atoms with Crippen molar-refractivity contribution in [3.8, 4) is 44.5 Å². The zero-order chi connectivity index (χ0) is 44.1. The van der Waals surface area contributed by atoms with Crippen molar-refractivity contribution in [3.63, 3.8) is 0 Å². The topological polar surface area (TPSA) is 3.24 Å². The highest BCUT2D eigenvalue weighted by Crippen LogP contribution is 2.68. The summed E-state index contributed by atoms with van der Waals surface area (Å²) in [7, 11) is 0. The van der Waals surface area contributed by atoms with E-state index < -0.39 is 10.8 Å². The number of anilines is 3. The molecule has 0 fully saturated rings. The number of hydrogen-bond donors (Lipinski definition) is 0. The second-order valence-electron chi connectivity index (χ2n) is 18.3. The minimum Gasteiger partial charge on any atom is -0.310 e. The van der Waals surface area contributed by atoms with E-state index in [-0.39, 0.29) is 0 Å². The number of fused-ring (bicyclic) bond motifs is 17. The largest absolute Gasteiger partial charge is 0.310 e. The molecule has 0 amide bonds. The average Bonchev–Trinajstić information content (AvgIpc) is 3.87. The Kier molecular flexibility index (Phi) is 8.18. The molecule has 0 N–H and O–H groups in total. The van der Waals surface area contributed by atoms with Gasteiger partial charge in [0.15, 0.2) is 0 Å². The molecule has 14 rings (SSSR count). The number of benzene rings is 11. The van der Waals surface area contributed by atoms with Gasteiger partial charge in [-0.1, -0.05) is 231 Å². The van der Waals surface area contributed by atoms with Crippen molar-refractivity contribution < 1.29 is 0 Å². The first-order chi connectivity index (χ1) is 33.3. The van der Waals surface area contributed by atoms with Crippen LogP contribution >= 0.6 is 0 Å². The van der Waals surface area contributed by atoms with Crippen LogP contribution in [-0.2, 0) is 10.8 Å². The van der Waals surface area contributed by atoms with Crippen LogP contribution in [0, 0.1) is 0 Å². The third-order valence-corrected chi connectivity index (χ3v) is 15.1. The lowest BCUT2D eigenvalue weighted by Gasteiger charge is -2.48. The maximum Gasteiger partial charge on any atom is 0.0720 e. The van der Waals surface area contributed by atoms with Crippen molar-refractivity contribution in [1.29, 1.82) is 0 Å². The maximum absolute atomic E-state index is 2.47. The third-order valence-electron chi connectivity index (χ3n) is 15.1. The van der Waals surface area contributed by atoms with Gasteiger partial charge in [-0.2, -0.15) is 0 Å². The maximum atomic E-state index is 2.47. The monoisotopic (exact) mass is 849 g/mol. The minimum absolute atomic E-state index is 0.484. The number of hydrogen-bond acceptors (Lipinski definition) is 1. The summed E-state index contributed by atoms with van der Waals surface area (Å²) in [5, 5.41) is 2.43. The molecule has 1 heteroatoms. The van der Waals surface area contributed by atoms with Crippen LogP contribution in [0.2, 0.25) is 0 Å². The number of para-hydroxylation sites is 1. The molecule has 0 unspecified atom stereocenters. The van der Waals surface area contributed by atoms with Gasteiger partial charge in [-0.25, -0.2) is 0 Å². The Balaban J connectivity index is 1.04. The molecule has 0 saturated heterocycles. The molecule has 1 nitrogen and oxygen atoms in total. The molecule has 0 atom stereocenters. The zero-order valence-corrected chi connectivity index (χ0v) is 36.8. The Morgan fingerprint density at radius 3 is 1.33 bits per heavy atom. The fourth-order valence-corrected chi connectivity index (χ4v) is 12.6. The molecule has 2 spiro atoms. The Morgan fingerprint density at radius 1 is 0.239 bits per heavy atom. The van der Waals surface area contributed by atoms with Gasteiger partial charge in [0.1, 0.15) is 0 Å². The van der Waals surface area contributed by atoms with E-state index >= 15 is 0 Å². The smallest absolute Gasteiger partial charge is 0.0720 e. The highest BCUT2D eigenvalue weighted by molar-refractivity contribution is 6.02. The standard InChI is InChI=1S/C66H43N/c1-2-20-44(21-3-1)47-24-18-25-48(42-47)67(49-41-40-45-22-4-5-23-46(45)43-49)63-39-17-9-28-52(63)53-30-19-38-62-64(53)54-29-8-12-33-57(54)66(62)60-36-15-13-34-58(60)65(59-35-14-16-37-61(59)66)55-31-10-6-26-50(55)51-27-7-11-32-56(51)65/h1-43H. The molecule has 312 valence electrons. The molecule has 3 aliphatic rings. The van der Waals surface area contributed by atoms with Crippen molar-refractivity contribution in [2.75, 3.05) is 4.90 Å². The second-order valence-corrected chi connectivity index (χ2v) is 18.3. The summed E-state index contributed by atoms with van der Waals surface area (Å²) < 4.78 is 0.